The molecule has 0 heterocycles. The normalized spacial score (nSPS) is 20.7. The van der Waals surface area contributed by atoms with Crippen LogP contribution < -0.4 is 0 Å². The molecule has 1 aliphatic carbocycles. The van der Waals surface area contributed by atoms with Crippen molar-refractivity contribution in [3.8, 4) is 0 Å². The Balaban J connectivity index is 3.61. The van der Waals surface area contributed by atoms with Crippen molar-refractivity contribution in [3.05, 3.63) is 28.3 Å². The second-order valence-corrected chi connectivity index (χ2v) is 10.2. The van der Waals surface area contributed by atoms with Gasteiger partial charge in [0.05, 0.1) is 0 Å². The molecule has 0 aliphatic heterocycles. The summed E-state index contributed by atoms with van der Waals surface area (Å²) in [5.74, 6) is 0. The Morgan fingerprint density at radius 2 is 1.23 bits per heavy atom. The van der Waals surface area contributed by atoms with Gasteiger partial charge >= 0.3 is 0 Å². The highest BCUT2D eigenvalue weighted by Gasteiger charge is 2.38. The number of hydrogen-bond acceptors (Lipinski definition) is 0. The molecular weight excluding hydrogens is 264 g/mol. The molecule has 0 radical (unpaired) electrons. The van der Waals surface area contributed by atoms with Gasteiger partial charge in [-0.15, -0.1) is 0 Å². The predicted molar refractivity (Wildman–Crippen MR) is 97.9 cm³/mol. The van der Waals surface area contributed by atoms with E-state index in [4.69, 9.17) is 0 Å². The molecule has 0 amide bonds. The lowest BCUT2D eigenvalue weighted by Gasteiger charge is -2.42. The van der Waals surface area contributed by atoms with Gasteiger partial charge in [-0.1, -0.05) is 87.1 Å². The van der Waals surface area contributed by atoms with E-state index in [-0.39, 0.29) is 21.7 Å². The van der Waals surface area contributed by atoms with Crippen LogP contribution in [-0.2, 0) is 0 Å². The lowest BCUT2D eigenvalue weighted by Crippen LogP contribution is -2.31. The third kappa shape index (κ3) is 4.54. The average molecular weight is 301 g/mol. The SMILES string of the molecule is CC(C)(C)C(=C=C=C=C1C(C)(C)CCCC1(C)C)C(C)(C)C. The summed E-state index contributed by atoms with van der Waals surface area (Å²) in [4.78, 5) is 0. The van der Waals surface area contributed by atoms with E-state index in [2.05, 4.69) is 86.4 Å². The third-order valence-corrected chi connectivity index (χ3v) is 4.83. The van der Waals surface area contributed by atoms with Crippen LogP contribution in [0.4, 0.5) is 0 Å². The first-order chi connectivity index (χ1) is 9.68. The van der Waals surface area contributed by atoms with Crippen LogP contribution in [0.2, 0.25) is 0 Å². The van der Waals surface area contributed by atoms with Crippen molar-refractivity contribution in [1.82, 2.24) is 0 Å². The fourth-order valence-corrected chi connectivity index (χ4v) is 4.13. The zero-order valence-corrected chi connectivity index (χ0v) is 16.6. The second-order valence-electron chi connectivity index (χ2n) is 10.2. The third-order valence-electron chi connectivity index (χ3n) is 4.83. The molecule has 1 rings (SSSR count). The Morgan fingerprint density at radius 1 is 0.818 bits per heavy atom. The first-order valence-electron chi connectivity index (χ1n) is 8.71. The van der Waals surface area contributed by atoms with Gasteiger partial charge < -0.3 is 0 Å². The predicted octanol–water partition coefficient (Wildman–Crippen LogP) is 7.08. The maximum absolute atomic E-state index is 3.51. The Morgan fingerprint density at radius 3 is 1.59 bits per heavy atom. The zero-order valence-electron chi connectivity index (χ0n) is 16.6. The van der Waals surface area contributed by atoms with Gasteiger partial charge in [0.2, 0.25) is 0 Å². The first-order valence-corrected chi connectivity index (χ1v) is 8.71. The summed E-state index contributed by atoms with van der Waals surface area (Å²) in [6, 6.07) is 0. The van der Waals surface area contributed by atoms with Gasteiger partial charge in [0.1, 0.15) is 0 Å². The van der Waals surface area contributed by atoms with E-state index in [1.54, 1.807) is 0 Å². The lowest BCUT2D eigenvalue weighted by atomic mass is 9.62. The summed E-state index contributed by atoms with van der Waals surface area (Å²) in [7, 11) is 0. The van der Waals surface area contributed by atoms with Gasteiger partial charge in [-0.2, -0.15) is 0 Å². The summed E-state index contributed by atoms with van der Waals surface area (Å²) in [6.45, 7) is 22.9. The first kappa shape index (κ1) is 19.1. The summed E-state index contributed by atoms with van der Waals surface area (Å²) in [5.41, 5.74) is 13.6. The highest BCUT2D eigenvalue weighted by molar-refractivity contribution is 5.23. The molecule has 1 aliphatic rings. The van der Waals surface area contributed by atoms with Gasteiger partial charge in [-0.25, -0.2) is 0 Å². The van der Waals surface area contributed by atoms with E-state index < -0.39 is 0 Å². The lowest BCUT2D eigenvalue weighted by molar-refractivity contribution is 0.216. The minimum Gasteiger partial charge on any atom is -0.0612 e. The van der Waals surface area contributed by atoms with E-state index in [9.17, 15) is 0 Å². The molecule has 0 bridgehead atoms. The van der Waals surface area contributed by atoms with Crippen molar-refractivity contribution in [3.63, 3.8) is 0 Å². The largest absolute Gasteiger partial charge is 0.0612 e. The fourth-order valence-electron chi connectivity index (χ4n) is 4.13. The van der Waals surface area contributed by atoms with Gasteiger partial charge in [-0.05, 0) is 51.4 Å². The summed E-state index contributed by atoms with van der Waals surface area (Å²) >= 11 is 0. The summed E-state index contributed by atoms with van der Waals surface area (Å²) in [5, 5.41) is 0. The highest BCUT2D eigenvalue weighted by atomic mass is 14.4. The molecular formula is C22H36. The van der Waals surface area contributed by atoms with Crippen LogP contribution in [0.5, 0.6) is 0 Å². The van der Waals surface area contributed by atoms with E-state index in [0.717, 1.165) is 0 Å². The topological polar surface area (TPSA) is 0 Å². The highest BCUT2D eigenvalue weighted by Crippen LogP contribution is 2.49. The molecule has 0 N–H and O–H groups in total. The molecule has 0 unspecified atom stereocenters. The van der Waals surface area contributed by atoms with Crippen LogP contribution in [0.3, 0.4) is 0 Å². The molecule has 1 saturated carbocycles. The van der Waals surface area contributed by atoms with Gasteiger partial charge in [0, 0.05) is 0 Å². The Bertz CT molecular complexity index is 514. The minimum absolute atomic E-state index is 0.106. The quantitative estimate of drug-likeness (QED) is 0.419. The zero-order chi connectivity index (χ0) is 17.4. The molecule has 124 valence electrons. The van der Waals surface area contributed by atoms with Crippen molar-refractivity contribution in [2.75, 3.05) is 0 Å². The standard InChI is InChI=1S/C22H36/c1-19(2,3)17(20(4,5)6)13-11-14-18-21(7,8)15-12-16-22(18,9)10/h12,15-16H2,1-10H3. The number of hydrogen-bond donors (Lipinski definition) is 0. The van der Waals surface area contributed by atoms with Crippen LogP contribution >= 0.6 is 0 Å². The van der Waals surface area contributed by atoms with Crippen molar-refractivity contribution in [2.45, 2.75) is 88.5 Å². The monoisotopic (exact) mass is 300 g/mol. The van der Waals surface area contributed by atoms with Crippen molar-refractivity contribution in [2.24, 2.45) is 21.7 Å². The molecule has 0 heteroatoms. The Labute approximate surface area is 139 Å². The molecule has 22 heavy (non-hydrogen) atoms. The van der Waals surface area contributed by atoms with Gasteiger partial charge in [-0.3, -0.25) is 0 Å². The molecule has 0 aromatic rings. The molecule has 0 nitrogen and oxygen atoms in total. The van der Waals surface area contributed by atoms with E-state index >= 15 is 0 Å². The van der Waals surface area contributed by atoms with Crippen LogP contribution in [0, 0.1) is 21.7 Å². The van der Waals surface area contributed by atoms with E-state index in [0.29, 0.717) is 0 Å². The van der Waals surface area contributed by atoms with E-state index in [1.165, 1.54) is 30.4 Å². The smallest absolute Gasteiger partial charge is 0.00567 e. The maximum Gasteiger partial charge on any atom is -0.00567 e. The van der Waals surface area contributed by atoms with Crippen molar-refractivity contribution < 1.29 is 0 Å². The van der Waals surface area contributed by atoms with Crippen molar-refractivity contribution in [1.29, 1.82) is 0 Å². The Kier molecular flexibility index (Phi) is 5.16. The maximum atomic E-state index is 3.51. The van der Waals surface area contributed by atoms with E-state index in [1.807, 2.05) is 0 Å². The van der Waals surface area contributed by atoms with Crippen molar-refractivity contribution >= 4 is 0 Å². The summed E-state index contributed by atoms with van der Waals surface area (Å²) in [6.07, 6.45) is 3.80. The number of rotatable bonds is 0. The van der Waals surface area contributed by atoms with Gasteiger partial charge in [0.15, 0.2) is 0 Å². The number of allylic oxidation sites excluding steroid dienone is 2. The molecule has 0 spiro atoms. The van der Waals surface area contributed by atoms with Crippen LogP contribution in [0.25, 0.3) is 0 Å². The van der Waals surface area contributed by atoms with Crippen LogP contribution in [0.1, 0.15) is 88.5 Å². The average Bonchev–Trinajstić information content (AvgIpc) is 2.21. The Hall–Kier alpha value is -0.920. The molecule has 0 atom stereocenters. The molecule has 0 aromatic heterocycles. The summed E-state index contributed by atoms with van der Waals surface area (Å²) < 4.78 is 0. The molecule has 0 saturated heterocycles. The molecule has 0 aromatic carbocycles. The minimum atomic E-state index is 0.106. The second kappa shape index (κ2) is 5.94. The van der Waals surface area contributed by atoms with Crippen LogP contribution in [0.15, 0.2) is 28.3 Å². The molecule has 1 fully saturated rings. The van der Waals surface area contributed by atoms with Gasteiger partial charge in [0.25, 0.3) is 0 Å². The fraction of sp³-hybridized carbons (Fsp3) is 0.773. The van der Waals surface area contributed by atoms with Crippen LogP contribution in [-0.4, -0.2) is 0 Å².